The molecule has 1 N–H and O–H groups in total. The Morgan fingerprint density at radius 1 is 1.21 bits per heavy atom. The van der Waals surface area contributed by atoms with Crippen LogP contribution in [0.2, 0.25) is 0 Å². The molecular weight excluding hydrogens is 356 g/mol. The molecule has 4 nitrogen and oxygen atoms in total. The van der Waals surface area contributed by atoms with Crippen molar-refractivity contribution in [2.24, 2.45) is 0 Å². The minimum Gasteiger partial charge on any atom is -0.452 e. The lowest BCUT2D eigenvalue weighted by Gasteiger charge is -2.06. The van der Waals surface area contributed by atoms with Crippen LogP contribution in [-0.4, -0.2) is 30.8 Å². The maximum absolute atomic E-state index is 13.0. The molecule has 0 aliphatic heterocycles. The van der Waals surface area contributed by atoms with E-state index >= 15 is 0 Å². The zero-order valence-corrected chi connectivity index (χ0v) is 14.2. The number of thioether (sulfide) groups is 1. The number of carbonyl (C=O) groups is 2. The summed E-state index contributed by atoms with van der Waals surface area (Å²) in [6.45, 7) is -0.0480. The van der Waals surface area contributed by atoms with Crippen LogP contribution in [0.1, 0.15) is 15.2 Å². The third-order valence-corrected chi connectivity index (χ3v) is 4.89. The van der Waals surface area contributed by atoms with Crippen molar-refractivity contribution in [1.82, 2.24) is 5.32 Å². The first-order valence-corrected chi connectivity index (χ1v) is 9.08. The highest BCUT2D eigenvalue weighted by Gasteiger charge is 2.12. The summed E-state index contributed by atoms with van der Waals surface area (Å²) in [6, 6.07) is 6.39. The summed E-state index contributed by atoms with van der Waals surface area (Å²) >= 11 is 3.36. The fraction of sp³-hybridized carbons (Fsp3) is 0.250. The van der Waals surface area contributed by atoms with Crippen LogP contribution in [0.3, 0.4) is 0 Å². The normalized spacial score (nSPS) is 10.4. The van der Waals surface area contributed by atoms with Gasteiger partial charge < -0.3 is 10.1 Å². The summed E-state index contributed by atoms with van der Waals surface area (Å²) in [6.07, 6.45) is 0. The monoisotopic (exact) mass is 371 g/mol. The van der Waals surface area contributed by atoms with E-state index in [2.05, 4.69) is 5.32 Å². The molecule has 0 spiro atoms. The SMILES string of the molecule is O=C(COC(=O)c1cc(F)cc(F)c1)NCCSCc1cccs1. The standard InChI is InChI=1S/C16H15F2NO3S2/c17-12-6-11(7-13(18)8-12)16(21)22-9-15(20)19-3-5-23-10-14-2-1-4-24-14/h1-2,4,6-8H,3,5,9-10H2,(H,19,20). The lowest BCUT2D eigenvalue weighted by molar-refractivity contribution is -0.124. The van der Waals surface area contributed by atoms with Crippen LogP contribution in [0.4, 0.5) is 8.78 Å². The molecule has 128 valence electrons. The van der Waals surface area contributed by atoms with E-state index in [1.165, 1.54) is 4.88 Å². The minimum absolute atomic E-state index is 0.271. The number of hydrogen-bond donors (Lipinski definition) is 1. The van der Waals surface area contributed by atoms with Gasteiger partial charge in [0, 0.05) is 29.0 Å². The Morgan fingerprint density at radius 2 is 1.96 bits per heavy atom. The molecule has 0 aliphatic carbocycles. The number of carbonyl (C=O) groups excluding carboxylic acids is 2. The third kappa shape index (κ3) is 6.29. The van der Waals surface area contributed by atoms with E-state index in [9.17, 15) is 18.4 Å². The molecule has 2 aromatic rings. The lowest BCUT2D eigenvalue weighted by atomic mass is 10.2. The molecule has 0 saturated heterocycles. The highest BCUT2D eigenvalue weighted by Crippen LogP contribution is 2.16. The van der Waals surface area contributed by atoms with Gasteiger partial charge in [0.1, 0.15) is 11.6 Å². The minimum atomic E-state index is -0.948. The largest absolute Gasteiger partial charge is 0.452 e. The summed E-state index contributed by atoms with van der Waals surface area (Å²) in [5.41, 5.74) is -0.271. The number of amides is 1. The Morgan fingerprint density at radius 3 is 2.62 bits per heavy atom. The molecule has 1 heterocycles. The van der Waals surface area contributed by atoms with Crippen molar-refractivity contribution in [3.63, 3.8) is 0 Å². The molecule has 1 aromatic heterocycles. The number of rotatable bonds is 8. The van der Waals surface area contributed by atoms with E-state index in [0.29, 0.717) is 12.6 Å². The molecule has 0 bridgehead atoms. The Labute approximate surface area is 146 Å². The predicted octanol–water partition coefficient (Wildman–Crippen LogP) is 3.23. The Bertz CT molecular complexity index is 672. The average molecular weight is 371 g/mol. The average Bonchev–Trinajstić information content (AvgIpc) is 3.04. The van der Waals surface area contributed by atoms with Crippen LogP contribution < -0.4 is 5.32 Å². The number of hydrogen-bond acceptors (Lipinski definition) is 5. The Kier molecular flexibility index (Phi) is 7.20. The van der Waals surface area contributed by atoms with Crippen molar-refractivity contribution in [3.8, 4) is 0 Å². The van der Waals surface area contributed by atoms with Crippen molar-refractivity contribution in [2.75, 3.05) is 18.9 Å². The van der Waals surface area contributed by atoms with Gasteiger partial charge in [-0.3, -0.25) is 4.79 Å². The fourth-order valence-corrected chi connectivity index (χ4v) is 3.47. The van der Waals surface area contributed by atoms with Gasteiger partial charge in [0.05, 0.1) is 5.56 Å². The van der Waals surface area contributed by atoms with Gasteiger partial charge in [0.15, 0.2) is 6.61 Å². The molecule has 8 heteroatoms. The molecule has 0 saturated carbocycles. The van der Waals surface area contributed by atoms with Gasteiger partial charge in [0.25, 0.3) is 5.91 Å². The molecule has 0 radical (unpaired) electrons. The number of thiophene rings is 1. The number of esters is 1. The van der Waals surface area contributed by atoms with Gasteiger partial charge in [-0.25, -0.2) is 13.6 Å². The molecule has 0 atom stereocenters. The van der Waals surface area contributed by atoms with Crippen LogP contribution >= 0.6 is 23.1 Å². The van der Waals surface area contributed by atoms with Crippen molar-refractivity contribution >= 4 is 35.0 Å². The molecule has 0 unspecified atom stereocenters. The summed E-state index contributed by atoms with van der Waals surface area (Å²) in [4.78, 5) is 24.4. The van der Waals surface area contributed by atoms with Gasteiger partial charge in [-0.2, -0.15) is 11.8 Å². The van der Waals surface area contributed by atoms with Gasteiger partial charge in [-0.05, 0) is 23.6 Å². The highest BCUT2D eigenvalue weighted by atomic mass is 32.2. The summed E-state index contributed by atoms with van der Waals surface area (Å²) < 4.78 is 30.7. The van der Waals surface area contributed by atoms with Crippen molar-refractivity contribution in [3.05, 3.63) is 57.8 Å². The van der Waals surface area contributed by atoms with Crippen molar-refractivity contribution in [1.29, 1.82) is 0 Å². The highest BCUT2D eigenvalue weighted by molar-refractivity contribution is 7.98. The van der Waals surface area contributed by atoms with Gasteiger partial charge in [-0.15, -0.1) is 11.3 Å². The van der Waals surface area contributed by atoms with E-state index < -0.39 is 30.1 Å². The lowest BCUT2D eigenvalue weighted by Crippen LogP contribution is -2.30. The second-order valence-electron chi connectivity index (χ2n) is 4.72. The van der Waals surface area contributed by atoms with Crippen LogP contribution in [-0.2, 0) is 15.3 Å². The van der Waals surface area contributed by atoms with Crippen LogP contribution in [0.5, 0.6) is 0 Å². The van der Waals surface area contributed by atoms with Gasteiger partial charge in [0.2, 0.25) is 0 Å². The van der Waals surface area contributed by atoms with E-state index in [1.54, 1.807) is 23.1 Å². The zero-order chi connectivity index (χ0) is 17.4. The first-order chi connectivity index (χ1) is 11.5. The van der Waals surface area contributed by atoms with Crippen LogP contribution in [0.25, 0.3) is 0 Å². The first-order valence-electron chi connectivity index (χ1n) is 7.04. The van der Waals surface area contributed by atoms with E-state index in [-0.39, 0.29) is 5.56 Å². The summed E-state index contributed by atoms with van der Waals surface area (Å²) in [7, 11) is 0. The Balaban J connectivity index is 1.62. The zero-order valence-electron chi connectivity index (χ0n) is 12.6. The second-order valence-corrected chi connectivity index (χ2v) is 6.85. The van der Waals surface area contributed by atoms with Crippen molar-refractivity contribution < 1.29 is 23.1 Å². The summed E-state index contributed by atoms with van der Waals surface area (Å²) in [5, 5.41) is 4.62. The second kappa shape index (κ2) is 9.39. The number of benzene rings is 1. The maximum atomic E-state index is 13.0. The quantitative estimate of drug-likeness (QED) is 0.572. The maximum Gasteiger partial charge on any atom is 0.338 e. The first kappa shape index (κ1) is 18.4. The van der Waals surface area contributed by atoms with E-state index in [1.807, 2.05) is 17.5 Å². The summed E-state index contributed by atoms with van der Waals surface area (Å²) in [5.74, 6) is -1.56. The Hall–Kier alpha value is -1.93. The smallest absolute Gasteiger partial charge is 0.338 e. The topological polar surface area (TPSA) is 55.4 Å². The number of ether oxygens (including phenoxy) is 1. The number of halogens is 2. The molecule has 24 heavy (non-hydrogen) atoms. The van der Waals surface area contributed by atoms with E-state index in [0.717, 1.165) is 23.6 Å². The van der Waals surface area contributed by atoms with E-state index in [4.69, 9.17) is 4.74 Å². The molecule has 2 rings (SSSR count). The number of nitrogens with one attached hydrogen (secondary N) is 1. The van der Waals surface area contributed by atoms with Crippen LogP contribution in [0, 0.1) is 11.6 Å². The molecule has 0 aliphatic rings. The third-order valence-electron chi connectivity index (χ3n) is 2.83. The molecular formula is C16H15F2NO3S2. The van der Waals surface area contributed by atoms with Crippen molar-refractivity contribution in [2.45, 2.75) is 5.75 Å². The van der Waals surface area contributed by atoms with Gasteiger partial charge >= 0.3 is 5.97 Å². The fourth-order valence-electron chi connectivity index (χ4n) is 1.77. The molecule has 1 amide bonds. The van der Waals surface area contributed by atoms with Crippen LogP contribution in [0.15, 0.2) is 35.7 Å². The molecule has 0 fully saturated rings. The molecule has 1 aromatic carbocycles. The predicted molar refractivity (Wildman–Crippen MR) is 90.1 cm³/mol. The van der Waals surface area contributed by atoms with Gasteiger partial charge in [-0.1, -0.05) is 6.07 Å².